The van der Waals surface area contributed by atoms with Gasteiger partial charge in [-0.05, 0) is 78.4 Å². The molecule has 0 spiro atoms. The largest absolute Gasteiger partial charge is 0.459 e. The van der Waals surface area contributed by atoms with Gasteiger partial charge in [-0.1, -0.05) is 24.3 Å². The van der Waals surface area contributed by atoms with Crippen LogP contribution in [-0.2, 0) is 0 Å². The molecule has 31 heavy (non-hydrogen) atoms. The number of hydrogen-bond donors (Lipinski definition) is 0. The lowest BCUT2D eigenvalue weighted by molar-refractivity contribution is 0.0648. The van der Waals surface area contributed by atoms with Crippen molar-refractivity contribution in [3.63, 3.8) is 0 Å². The van der Waals surface area contributed by atoms with E-state index in [2.05, 4.69) is 0 Å². The van der Waals surface area contributed by atoms with E-state index < -0.39 is 0 Å². The molecule has 1 saturated carbocycles. The molecule has 0 N–H and O–H groups in total. The van der Waals surface area contributed by atoms with Crippen molar-refractivity contribution in [1.29, 1.82) is 0 Å². The molecule has 3 aromatic rings. The van der Waals surface area contributed by atoms with Crippen LogP contribution < -0.4 is 0 Å². The van der Waals surface area contributed by atoms with Crippen LogP contribution in [0, 0.1) is 17.6 Å². The molecule has 1 aliphatic carbocycles. The van der Waals surface area contributed by atoms with Crippen molar-refractivity contribution in [2.24, 2.45) is 11.0 Å². The molecule has 0 saturated heterocycles. The number of carbonyl (C=O) groups excluding carboxylic acids is 1. The molecule has 0 radical (unpaired) electrons. The second-order valence-electron chi connectivity index (χ2n) is 7.83. The summed E-state index contributed by atoms with van der Waals surface area (Å²) in [5.41, 5.74) is 3.59. The first-order valence-corrected chi connectivity index (χ1v) is 10.3. The number of benzene rings is 2. The quantitative estimate of drug-likeness (QED) is 0.524. The minimum atomic E-state index is -0.342. The van der Waals surface area contributed by atoms with Gasteiger partial charge in [0.25, 0.3) is 0 Å². The number of amides is 1. The highest BCUT2D eigenvalue weighted by molar-refractivity contribution is 6.08. The van der Waals surface area contributed by atoms with Crippen LogP contribution >= 0.6 is 0 Å². The third-order valence-electron chi connectivity index (χ3n) is 5.86. The summed E-state index contributed by atoms with van der Waals surface area (Å²) in [5.74, 6) is -0.743. The van der Waals surface area contributed by atoms with Gasteiger partial charge in [0.2, 0.25) is 0 Å². The van der Waals surface area contributed by atoms with E-state index in [4.69, 9.17) is 9.52 Å². The Balaban J connectivity index is 1.57. The number of allylic oxidation sites excluding steroid dienone is 1. The molecule has 2 aromatic carbocycles. The van der Waals surface area contributed by atoms with Crippen LogP contribution in [0.5, 0.6) is 0 Å². The van der Waals surface area contributed by atoms with Gasteiger partial charge >= 0.3 is 5.91 Å². The molecule has 4 nitrogen and oxygen atoms in total. The lowest BCUT2D eigenvalue weighted by atomic mass is 9.77. The van der Waals surface area contributed by atoms with Gasteiger partial charge in [-0.15, -0.1) is 0 Å². The fourth-order valence-corrected chi connectivity index (χ4v) is 4.43. The van der Waals surface area contributed by atoms with E-state index in [0.29, 0.717) is 0 Å². The maximum atomic E-state index is 13.6. The molecule has 0 unspecified atom stereocenters. The minimum absolute atomic E-state index is 0.00942. The van der Waals surface area contributed by atoms with Gasteiger partial charge in [-0.25, -0.2) is 13.8 Å². The van der Waals surface area contributed by atoms with E-state index in [9.17, 15) is 13.6 Å². The maximum absolute atomic E-state index is 13.6. The molecule has 5 rings (SSSR count). The number of nitrogens with zero attached hydrogens (tertiary/aromatic N) is 2. The van der Waals surface area contributed by atoms with Crippen LogP contribution in [-0.4, -0.2) is 16.6 Å². The SMILES string of the molecule is O=C(c1ccco1)N1N=C2/C(=C/c3ccc(F)cc3)CCC[C@H]2[C@@H]1c1ccc(F)cc1. The summed E-state index contributed by atoms with van der Waals surface area (Å²) in [6, 6.07) is 15.5. The number of hydrogen-bond acceptors (Lipinski definition) is 3. The molecular formula is C25H20F2N2O2. The fraction of sp³-hybridized carbons (Fsp3) is 0.200. The maximum Gasteiger partial charge on any atom is 0.310 e. The zero-order valence-electron chi connectivity index (χ0n) is 16.7. The highest BCUT2D eigenvalue weighted by Gasteiger charge is 2.44. The van der Waals surface area contributed by atoms with E-state index >= 15 is 0 Å². The third-order valence-corrected chi connectivity index (χ3v) is 5.86. The normalized spacial score (nSPS) is 21.8. The van der Waals surface area contributed by atoms with Gasteiger partial charge in [-0.2, -0.15) is 5.10 Å². The van der Waals surface area contributed by atoms with Crippen LogP contribution in [0.1, 0.15) is 47.0 Å². The number of carbonyl (C=O) groups is 1. The standard InChI is InChI=1S/C25H20F2N2O2/c26-19-10-6-16(7-11-19)15-18-3-1-4-21-23(18)28-29(25(30)22-5-2-14-31-22)24(21)17-8-12-20(27)13-9-17/h2,5-15,21,24H,1,3-4H2/b18-15+/t21-,24+/m1/s1. The van der Waals surface area contributed by atoms with Gasteiger partial charge in [0, 0.05) is 5.92 Å². The predicted octanol–water partition coefficient (Wildman–Crippen LogP) is 5.99. The average Bonchev–Trinajstić information content (AvgIpc) is 3.44. The van der Waals surface area contributed by atoms with E-state index in [-0.39, 0.29) is 35.3 Å². The number of halogens is 2. The van der Waals surface area contributed by atoms with Crippen LogP contribution in [0.15, 0.2) is 82.0 Å². The molecule has 6 heteroatoms. The van der Waals surface area contributed by atoms with Crippen molar-refractivity contribution in [3.8, 4) is 0 Å². The van der Waals surface area contributed by atoms with E-state index in [0.717, 1.165) is 41.7 Å². The molecule has 1 aromatic heterocycles. The highest BCUT2D eigenvalue weighted by atomic mass is 19.1. The first kappa shape index (κ1) is 19.4. The van der Waals surface area contributed by atoms with Crippen LogP contribution in [0.4, 0.5) is 8.78 Å². The molecule has 2 aliphatic rings. The Hall–Kier alpha value is -3.54. The van der Waals surface area contributed by atoms with Crippen molar-refractivity contribution >= 4 is 17.7 Å². The summed E-state index contributed by atoms with van der Waals surface area (Å²) in [6.07, 6.45) is 6.09. The number of hydrazone groups is 1. The van der Waals surface area contributed by atoms with Gasteiger partial charge in [-0.3, -0.25) is 4.79 Å². The monoisotopic (exact) mass is 418 g/mol. The molecule has 1 fully saturated rings. The van der Waals surface area contributed by atoms with Crippen molar-refractivity contribution in [2.75, 3.05) is 0 Å². The summed E-state index contributed by atoms with van der Waals surface area (Å²) in [4.78, 5) is 13.2. The van der Waals surface area contributed by atoms with Gasteiger partial charge in [0.15, 0.2) is 5.76 Å². The first-order chi connectivity index (χ1) is 15.1. The van der Waals surface area contributed by atoms with Crippen molar-refractivity contribution < 1.29 is 18.0 Å². The number of furan rings is 1. The van der Waals surface area contributed by atoms with Gasteiger partial charge in [0.1, 0.15) is 11.6 Å². The molecule has 2 atom stereocenters. The Kier molecular flexibility index (Phi) is 4.98. The third kappa shape index (κ3) is 3.69. The van der Waals surface area contributed by atoms with Crippen LogP contribution in [0.25, 0.3) is 6.08 Å². The Morgan fingerprint density at radius 1 is 1.03 bits per heavy atom. The Morgan fingerprint density at radius 3 is 2.42 bits per heavy atom. The molecular weight excluding hydrogens is 398 g/mol. The highest BCUT2D eigenvalue weighted by Crippen LogP contribution is 2.45. The summed E-state index contributed by atoms with van der Waals surface area (Å²) in [6.45, 7) is 0. The molecule has 2 heterocycles. The number of fused-ring (bicyclic) bond motifs is 1. The van der Waals surface area contributed by atoms with Gasteiger partial charge in [0.05, 0.1) is 18.0 Å². The zero-order chi connectivity index (χ0) is 21.4. The van der Waals surface area contributed by atoms with Crippen LogP contribution in [0.2, 0.25) is 0 Å². The van der Waals surface area contributed by atoms with Crippen LogP contribution in [0.3, 0.4) is 0 Å². The van der Waals surface area contributed by atoms with Crippen molar-refractivity contribution in [1.82, 2.24) is 5.01 Å². The lowest BCUT2D eigenvalue weighted by Gasteiger charge is -2.29. The van der Waals surface area contributed by atoms with Gasteiger partial charge < -0.3 is 4.42 Å². The molecule has 1 amide bonds. The topological polar surface area (TPSA) is 45.8 Å². The van der Waals surface area contributed by atoms with E-state index in [1.807, 2.05) is 6.08 Å². The molecule has 1 aliphatic heterocycles. The average molecular weight is 418 g/mol. The van der Waals surface area contributed by atoms with Crippen molar-refractivity contribution in [2.45, 2.75) is 25.3 Å². The Bertz CT molecular complexity index is 1150. The Morgan fingerprint density at radius 2 is 1.74 bits per heavy atom. The second kappa shape index (κ2) is 7.95. The lowest BCUT2D eigenvalue weighted by Crippen LogP contribution is -2.31. The second-order valence-corrected chi connectivity index (χ2v) is 7.83. The van der Waals surface area contributed by atoms with Crippen molar-refractivity contribution in [3.05, 3.63) is 101 Å². The number of rotatable bonds is 3. The van der Waals surface area contributed by atoms with E-state index in [1.165, 1.54) is 35.5 Å². The first-order valence-electron chi connectivity index (χ1n) is 10.3. The Labute approximate surface area is 178 Å². The summed E-state index contributed by atoms with van der Waals surface area (Å²) < 4.78 is 32.2. The smallest absolute Gasteiger partial charge is 0.310 e. The fourth-order valence-electron chi connectivity index (χ4n) is 4.43. The summed E-state index contributed by atoms with van der Waals surface area (Å²) in [5, 5.41) is 6.21. The summed E-state index contributed by atoms with van der Waals surface area (Å²) in [7, 11) is 0. The predicted molar refractivity (Wildman–Crippen MR) is 113 cm³/mol. The summed E-state index contributed by atoms with van der Waals surface area (Å²) >= 11 is 0. The molecule has 156 valence electrons. The van der Waals surface area contributed by atoms with E-state index in [1.54, 1.807) is 36.4 Å². The molecule has 0 bridgehead atoms. The minimum Gasteiger partial charge on any atom is -0.459 e. The zero-order valence-corrected chi connectivity index (χ0v) is 16.7.